The number of carbonyl (C=O) groups is 1. The molecule has 0 aliphatic rings. The molecule has 1 amide bonds. The molecule has 7 heteroatoms. The van der Waals surface area contributed by atoms with Gasteiger partial charge in [-0.3, -0.25) is 4.79 Å². The van der Waals surface area contributed by atoms with Gasteiger partial charge in [0.15, 0.2) is 6.10 Å². The van der Waals surface area contributed by atoms with Gasteiger partial charge in [-0.15, -0.1) is 11.8 Å². The van der Waals surface area contributed by atoms with Crippen molar-refractivity contribution in [1.29, 1.82) is 0 Å². The van der Waals surface area contributed by atoms with Crippen molar-refractivity contribution in [2.75, 3.05) is 12.8 Å². The van der Waals surface area contributed by atoms with E-state index in [1.807, 2.05) is 11.6 Å². The van der Waals surface area contributed by atoms with Gasteiger partial charge in [-0.1, -0.05) is 0 Å². The maximum Gasteiger partial charge on any atom is 0.416 e. The fraction of sp³-hybridized carbons (Fsp3) is 0.364. The Hall–Kier alpha value is -1.21. The summed E-state index contributed by atoms with van der Waals surface area (Å²) in [5.74, 6) is -0.647. The smallest absolute Gasteiger partial charge is 0.382 e. The average Bonchev–Trinajstić information content (AvgIpc) is 2.34. The highest BCUT2D eigenvalue weighted by atomic mass is 32.2. The number of hydrogen-bond donors (Lipinski definition) is 2. The Morgan fingerprint density at radius 2 is 1.94 bits per heavy atom. The van der Waals surface area contributed by atoms with Crippen LogP contribution in [-0.4, -0.2) is 36.1 Å². The predicted molar refractivity (Wildman–Crippen MR) is 62.6 cm³/mol. The van der Waals surface area contributed by atoms with Gasteiger partial charge in [0, 0.05) is 10.5 Å². The summed E-state index contributed by atoms with van der Waals surface area (Å²) < 4.78 is 36.0. The lowest BCUT2D eigenvalue weighted by molar-refractivity contribution is -0.201. The van der Waals surface area contributed by atoms with Gasteiger partial charge in [-0.2, -0.15) is 13.2 Å². The number of benzene rings is 1. The normalized spacial score (nSPS) is 13.2. The third-order valence-electron chi connectivity index (χ3n) is 2.19. The molecule has 2 N–H and O–H groups in total. The number of amides is 1. The minimum absolute atomic E-state index is 0.252. The van der Waals surface area contributed by atoms with E-state index < -0.39 is 24.7 Å². The van der Waals surface area contributed by atoms with Crippen molar-refractivity contribution in [1.82, 2.24) is 5.32 Å². The molecule has 0 saturated heterocycles. The fourth-order valence-corrected chi connectivity index (χ4v) is 1.56. The largest absolute Gasteiger partial charge is 0.416 e. The quantitative estimate of drug-likeness (QED) is 0.829. The third kappa shape index (κ3) is 4.23. The van der Waals surface area contributed by atoms with E-state index in [1.165, 1.54) is 23.9 Å². The molecule has 1 rings (SSSR count). The molecule has 0 heterocycles. The molecule has 1 atom stereocenters. The van der Waals surface area contributed by atoms with Crippen LogP contribution >= 0.6 is 11.8 Å². The van der Waals surface area contributed by atoms with Crippen molar-refractivity contribution < 1.29 is 23.1 Å². The van der Waals surface area contributed by atoms with E-state index in [0.717, 1.165) is 4.90 Å². The number of carbonyl (C=O) groups excluding carboxylic acids is 1. The second kappa shape index (κ2) is 6.10. The summed E-state index contributed by atoms with van der Waals surface area (Å²) in [5.41, 5.74) is 0.252. The Kier molecular flexibility index (Phi) is 5.03. The standard InChI is InChI=1S/C11H12F3NO2S/c1-18-8-4-2-7(3-5-8)10(17)15-6-9(16)11(12,13)14/h2-5,9,16H,6H2,1H3,(H,15,17). The lowest BCUT2D eigenvalue weighted by atomic mass is 10.2. The van der Waals surface area contributed by atoms with Gasteiger partial charge < -0.3 is 10.4 Å². The second-order valence-electron chi connectivity index (χ2n) is 3.50. The van der Waals surface area contributed by atoms with Crippen LogP contribution in [0.5, 0.6) is 0 Å². The van der Waals surface area contributed by atoms with Gasteiger partial charge in [-0.25, -0.2) is 0 Å². The molecule has 1 aromatic rings. The van der Waals surface area contributed by atoms with Gasteiger partial charge >= 0.3 is 6.18 Å². The number of aliphatic hydroxyl groups excluding tert-OH is 1. The molecule has 0 saturated carbocycles. The van der Waals surface area contributed by atoms with E-state index in [0.29, 0.717) is 0 Å². The van der Waals surface area contributed by atoms with Crippen LogP contribution in [0.15, 0.2) is 29.2 Å². The van der Waals surface area contributed by atoms with Crippen LogP contribution in [0, 0.1) is 0 Å². The van der Waals surface area contributed by atoms with Gasteiger partial charge in [-0.05, 0) is 30.5 Å². The van der Waals surface area contributed by atoms with Gasteiger partial charge in [0.25, 0.3) is 5.91 Å². The molecule has 0 aliphatic carbocycles. The second-order valence-corrected chi connectivity index (χ2v) is 4.38. The van der Waals surface area contributed by atoms with E-state index >= 15 is 0 Å². The van der Waals surface area contributed by atoms with Crippen molar-refractivity contribution >= 4 is 17.7 Å². The topological polar surface area (TPSA) is 49.3 Å². The van der Waals surface area contributed by atoms with Crippen LogP contribution in [0.1, 0.15) is 10.4 Å². The summed E-state index contributed by atoms with van der Waals surface area (Å²) in [4.78, 5) is 12.4. The zero-order chi connectivity index (χ0) is 13.8. The van der Waals surface area contributed by atoms with Crippen LogP contribution in [0.2, 0.25) is 0 Å². The third-order valence-corrected chi connectivity index (χ3v) is 2.93. The monoisotopic (exact) mass is 279 g/mol. The SMILES string of the molecule is CSc1ccc(C(=O)NCC(O)C(F)(F)F)cc1. The summed E-state index contributed by atoms with van der Waals surface area (Å²) in [5, 5.41) is 10.7. The van der Waals surface area contributed by atoms with E-state index in [2.05, 4.69) is 0 Å². The number of nitrogens with one attached hydrogen (secondary N) is 1. The zero-order valence-electron chi connectivity index (χ0n) is 9.49. The summed E-state index contributed by atoms with van der Waals surface area (Å²) in [6.07, 6.45) is -5.41. The summed E-state index contributed by atoms with van der Waals surface area (Å²) in [7, 11) is 0. The molecule has 0 fully saturated rings. The first kappa shape index (κ1) is 14.8. The molecule has 3 nitrogen and oxygen atoms in total. The van der Waals surface area contributed by atoms with Crippen LogP contribution in [0.4, 0.5) is 13.2 Å². The van der Waals surface area contributed by atoms with Crippen LogP contribution in [-0.2, 0) is 0 Å². The lowest BCUT2D eigenvalue weighted by Gasteiger charge is -2.15. The predicted octanol–water partition coefficient (Wildman–Crippen LogP) is 2.06. The lowest BCUT2D eigenvalue weighted by Crippen LogP contribution is -2.40. The maximum atomic E-state index is 12.0. The Labute approximate surface area is 106 Å². The van der Waals surface area contributed by atoms with E-state index in [-0.39, 0.29) is 5.56 Å². The minimum Gasteiger partial charge on any atom is -0.382 e. The first-order valence-corrected chi connectivity index (χ1v) is 6.24. The van der Waals surface area contributed by atoms with Crippen molar-refractivity contribution in [3.63, 3.8) is 0 Å². The number of hydrogen-bond acceptors (Lipinski definition) is 3. The fourth-order valence-electron chi connectivity index (χ4n) is 1.15. The summed E-state index contributed by atoms with van der Waals surface area (Å²) in [6.45, 7) is -0.855. The summed E-state index contributed by atoms with van der Waals surface area (Å²) >= 11 is 1.49. The van der Waals surface area contributed by atoms with E-state index in [9.17, 15) is 18.0 Å². The highest BCUT2D eigenvalue weighted by Crippen LogP contribution is 2.19. The average molecular weight is 279 g/mol. The highest BCUT2D eigenvalue weighted by Gasteiger charge is 2.38. The number of alkyl halides is 3. The first-order valence-electron chi connectivity index (χ1n) is 5.01. The van der Waals surface area contributed by atoms with Crippen molar-refractivity contribution in [2.45, 2.75) is 17.2 Å². The maximum absolute atomic E-state index is 12.0. The molecule has 1 unspecified atom stereocenters. The van der Waals surface area contributed by atoms with Gasteiger partial charge in [0.1, 0.15) is 0 Å². The van der Waals surface area contributed by atoms with Crippen LogP contribution in [0.3, 0.4) is 0 Å². The Bertz CT molecular complexity index is 406. The number of thioether (sulfide) groups is 1. The van der Waals surface area contributed by atoms with Crippen LogP contribution < -0.4 is 5.32 Å². The van der Waals surface area contributed by atoms with Crippen LogP contribution in [0.25, 0.3) is 0 Å². The molecule has 0 aromatic heterocycles. The van der Waals surface area contributed by atoms with Gasteiger partial charge in [0.05, 0.1) is 6.54 Å². The van der Waals surface area contributed by atoms with E-state index in [1.54, 1.807) is 12.1 Å². The molecule has 100 valence electrons. The summed E-state index contributed by atoms with van der Waals surface area (Å²) in [6, 6.07) is 6.42. The molecular formula is C11H12F3NO2S. The van der Waals surface area contributed by atoms with Crippen molar-refractivity contribution in [3.8, 4) is 0 Å². The Morgan fingerprint density at radius 3 is 2.39 bits per heavy atom. The minimum atomic E-state index is -4.73. The molecular weight excluding hydrogens is 267 g/mol. The molecule has 0 aliphatic heterocycles. The number of halogens is 3. The molecule has 0 radical (unpaired) electrons. The zero-order valence-corrected chi connectivity index (χ0v) is 10.3. The highest BCUT2D eigenvalue weighted by molar-refractivity contribution is 7.98. The van der Waals surface area contributed by atoms with Crippen molar-refractivity contribution in [3.05, 3.63) is 29.8 Å². The Morgan fingerprint density at radius 1 is 1.39 bits per heavy atom. The molecule has 0 spiro atoms. The molecule has 0 bridgehead atoms. The first-order chi connectivity index (χ1) is 8.34. The molecule has 1 aromatic carbocycles. The van der Waals surface area contributed by atoms with E-state index in [4.69, 9.17) is 5.11 Å². The molecule has 18 heavy (non-hydrogen) atoms. The van der Waals surface area contributed by atoms with Crippen molar-refractivity contribution in [2.24, 2.45) is 0 Å². The number of aliphatic hydroxyl groups is 1. The van der Waals surface area contributed by atoms with Gasteiger partial charge in [0.2, 0.25) is 0 Å². The number of rotatable bonds is 4. The Balaban J connectivity index is 2.55.